The standard InChI is InChI=1S/2C4H11N.2Cr.2H2O.5O/c2*1-4(2,3)5;;;;;;;;;/h2*5H2,1-3H3;;;2*1H2;;;;;/q;;2*+1;;;;;;;/p-2. The summed E-state index contributed by atoms with van der Waals surface area (Å²) < 4.78 is 56.3. The molecule has 19 heavy (non-hydrogen) atoms. The quantitative estimate of drug-likeness (QED) is 0.519. The molecule has 6 N–H and O–H groups in total. The molecule has 0 saturated carbocycles. The van der Waals surface area contributed by atoms with E-state index in [1.807, 2.05) is 41.5 Å². The Morgan fingerprint density at radius 1 is 0.737 bits per heavy atom. The Bertz CT molecular complexity index is 375. The Morgan fingerprint density at radius 3 is 0.842 bits per heavy atom. The molecule has 0 atom stereocenters. The zero-order valence-electron chi connectivity index (χ0n) is 11.9. The van der Waals surface area contributed by atoms with Crippen molar-refractivity contribution in [2.24, 2.45) is 11.5 Å². The van der Waals surface area contributed by atoms with Crippen LogP contribution >= 0.6 is 0 Å². The van der Waals surface area contributed by atoms with Crippen molar-refractivity contribution < 1.29 is 53.6 Å². The fraction of sp³-hybridized carbons (Fsp3) is 1.00. The van der Waals surface area contributed by atoms with Crippen LogP contribution in [0, 0.1) is 0 Å². The van der Waals surface area contributed by atoms with Gasteiger partial charge in [-0.15, -0.1) is 0 Å². The monoisotopic (exact) mass is 364 g/mol. The van der Waals surface area contributed by atoms with E-state index in [2.05, 4.69) is 2.84 Å². The van der Waals surface area contributed by atoms with Crippen molar-refractivity contribution in [1.82, 2.24) is 0 Å². The minimum absolute atomic E-state index is 0. The summed E-state index contributed by atoms with van der Waals surface area (Å²) in [7, 11) is 0. The third kappa shape index (κ3) is 127. The van der Waals surface area contributed by atoms with E-state index >= 15 is 0 Å². The Morgan fingerprint density at radius 2 is 0.842 bits per heavy atom. The zero-order chi connectivity index (χ0) is 16.7. The van der Waals surface area contributed by atoms with Crippen LogP contribution in [0.5, 0.6) is 0 Å². The predicted molar refractivity (Wildman–Crippen MR) is 56.1 cm³/mol. The molecule has 0 rings (SSSR count). The van der Waals surface area contributed by atoms with E-state index in [-0.39, 0.29) is 11.1 Å². The molecular formula is C8H24Cr2N2O7. The van der Waals surface area contributed by atoms with Gasteiger partial charge in [-0.05, 0) is 41.5 Å². The van der Waals surface area contributed by atoms with E-state index < -0.39 is 27.2 Å². The molecule has 0 spiro atoms. The first kappa shape index (κ1) is 24.1. The van der Waals surface area contributed by atoms with Crippen molar-refractivity contribution in [2.45, 2.75) is 52.6 Å². The van der Waals surface area contributed by atoms with Gasteiger partial charge in [-0.1, -0.05) is 0 Å². The van der Waals surface area contributed by atoms with Gasteiger partial charge in [-0.3, -0.25) is 0 Å². The SMILES string of the molecule is CC(C)(C)N.CC(C)(C)N.[O]=[Cr](=[O])([OH])[O][Cr](=[O])(=[O])[OH]. The second kappa shape index (κ2) is 8.37. The van der Waals surface area contributed by atoms with E-state index in [0.29, 0.717) is 0 Å². The van der Waals surface area contributed by atoms with Crippen molar-refractivity contribution in [3.8, 4) is 0 Å². The molecule has 0 fully saturated rings. The van der Waals surface area contributed by atoms with Crippen LogP contribution in [0.15, 0.2) is 0 Å². The summed E-state index contributed by atoms with van der Waals surface area (Å²) >= 11 is -11.5. The van der Waals surface area contributed by atoms with Crippen LogP contribution in [0.2, 0.25) is 0 Å². The third-order valence-corrected chi connectivity index (χ3v) is 2.92. The van der Waals surface area contributed by atoms with Crippen LogP contribution in [-0.2, 0) is 45.3 Å². The molecule has 0 unspecified atom stereocenters. The first-order chi connectivity index (χ1) is 7.71. The van der Waals surface area contributed by atoms with Crippen LogP contribution in [-0.4, -0.2) is 19.4 Å². The molecule has 0 bridgehead atoms. The zero-order valence-corrected chi connectivity index (χ0v) is 14.5. The maximum absolute atomic E-state index is 9.53. The van der Waals surface area contributed by atoms with Gasteiger partial charge in [0.1, 0.15) is 0 Å². The van der Waals surface area contributed by atoms with E-state index in [4.69, 9.17) is 19.8 Å². The Balaban J connectivity index is -0.000000219. The van der Waals surface area contributed by atoms with E-state index in [1.165, 1.54) is 0 Å². The second-order valence-corrected chi connectivity index (χ2v) is 9.42. The normalized spacial score (nSPS) is 12.7. The molecule has 0 amide bonds. The molecule has 0 aliphatic rings. The Labute approximate surface area is 118 Å². The molecule has 0 aromatic heterocycles. The summed E-state index contributed by atoms with van der Waals surface area (Å²) in [4.78, 5) is 0. The van der Waals surface area contributed by atoms with Crippen LogP contribution in [0.4, 0.5) is 0 Å². The van der Waals surface area contributed by atoms with Gasteiger partial charge in [0.05, 0.1) is 0 Å². The molecule has 0 radical (unpaired) electrons. The third-order valence-electron chi connectivity index (χ3n) is 0.172. The molecule has 11 heteroatoms. The van der Waals surface area contributed by atoms with Gasteiger partial charge in [-0.2, -0.15) is 0 Å². The van der Waals surface area contributed by atoms with Gasteiger partial charge in [0.2, 0.25) is 0 Å². The van der Waals surface area contributed by atoms with E-state index in [1.54, 1.807) is 0 Å². The summed E-state index contributed by atoms with van der Waals surface area (Å²) in [6.45, 7) is 11.8. The van der Waals surface area contributed by atoms with Crippen molar-refractivity contribution in [1.29, 1.82) is 0 Å². The van der Waals surface area contributed by atoms with E-state index in [0.717, 1.165) is 0 Å². The first-order valence-electron chi connectivity index (χ1n) is 4.94. The molecule has 120 valence electrons. The van der Waals surface area contributed by atoms with Gasteiger partial charge in [0, 0.05) is 11.1 Å². The topological polar surface area (TPSA) is 170 Å². The van der Waals surface area contributed by atoms with Gasteiger partial charge in [0.25, 0.3) is 0 Å². The molecule has 9 nitrogen and oxygen atoms in total. The molecular weight excluding hydrogens is 340 g/mol. The summed E-state index contributed by atoms with van der Waals surface area (Å²) in [5.41, 5.74) is 10.7. The minimum atomic E-state index is -5.76. The van der Waals surface area contributed by atoms with Crippen molar-refractivity contribution in [2.75, 3.05) is 0 Å². The summed E-state index contributed by atoms with van der Waals surface area (Å²) in [6.07, 6.45) is 0. The van der Waals surface area contributed by atoms with Crippen molar-refractivity contribution in [3.05, 3.63) is 0 Å². The average molecular weight is 364 g/mol. The second-order valence-electron chi connectivity index (χ2n) is 5.66. The van der Waals surface area contributed by atoms with Crippen LogP contribution in [0.1, 0.15) is 41.5 Å². The number of hydrogen-bond donors (Lipinski definition) is 4. The number of rotatable bonds is 2. The number of nitrogens with two attached hydrogens (primary N) is 2. The van der Waals surface area contributed by atoms with Crippen LogP contribution < -0.4 is 11.5 Å². The average Bonchev–Trinajstić information content (AvgIpc) is 1.63. The summed E-state index contributed by atoms with van der Waals surface area (Å²) in [5.74, 6) is 0. The fourth-order valence-electron chi connectivity index (χ4n) is 0.109. The molecule has 0 aromatic rings. The number of hydrogen-bond acceptors (Lipinski definition) is 7. The van der Waals surface area contributed by atoms with Crippen LogP contribution in [0.3, 0.4) is 0 Å². The van der Waals surface area contributed by atoms with Gasteiger partial charge in [0.15, 0.2) is 0 Å². The molecule has 0 saturated heterocycles. The summed E-state index contributed by atoms with van der Waals surface area (Å²) in [6, 6.07) is 0. The molecule has 0 heterocycles. The maximum atomic E-state index is 9.53. The predicted octanol–water partition coefficient (Wildman–Crippen LogP) is -0.175. The van der Waals surface area contributed by atoms with Crippen LogP contribution in [0.25, 0.3) is 0 Å². The Hall–Kier alpha value is 0.0649. The van der Waals surface area contributed by atoms with Crippen molar-refractivity contribution in [3.63, 3.8) is 0 Å². The van der Waals surface area contributed by atoms with Gasteiger partial charge in [-0.25, -0.2) is 0 Å². The fourth-order valence-corrected chi connectivity index (χ4v) is 1.85. The summed E-state index contributed by atoms with van der Waals surface area (Å²) in [5, 5.41) is 0. The molecule has 0 aromatic carbocycles. The molecule has 0 aliphatic heterocycles. The Kier molecular flexibility index (Phi) is 10.6. The van der Waals surface area contributed by atoms with Gasteiger partial charge < -0.3 is 11.5 Å². The first-order valence-corrected chi connectivity index (χ1v) is 9.21. The van der Waals surface area contributed by atoms with Crippen molar-refractivity contribution >= 4 is 0 Å². The molecule has 0 aliphatic carbocycles. The van der Waals surface area contributed by atoms with Gasteiger partial charge >= 0.3 is 53.6 Å². The van der Waals surface area contributed by atoms with E-state index in [9.17, 15) is 15.2 Å².